The Morgan fingerprint density at radius 3 is 2.52 bits per heavy atom. The Bertz CT molecular complexity index is 856. The molecule has 2 aromatic carbocycles. The fraction of sp³-hybridized carbons (Fsp3) is 0.440. The highest BCUT2D eigenvalue weighted by Gasteiger charge is 2.28. The number of amides is 2. The molecule has 31 heavy (non-hydrogen) atoms. The van der Waals surface area contributed by atoms with Crippen LogP contribution in [0.3, 0.4) is 0 Å². The van der Waals surface area contributed by atoms with Crippen molar-refractivity contribution in [2.24, 2.45) is 0 Å². The van der Waals surface area contributed by atoms with Crippen molar-refractivity contribution in [3.8, 4) is 0 Å². The van der Waals surface area contributed by atoms with Gasteiger partial charge in [0.25, 0.3) is 0 Å². The number of benzene rings is 2. The molecular formula is C25H31ClN2O2S. The minimum Gasteiger partial charge on any atom is -0.352 e. The highest BCUT2D eigenvalue weighted by atomic mass is 35.5. The van der Waals surface area contributed by atoms with E-state index in [-0.39, 0.29) is 17.9 Å². The van der Waals surface area contributed by atoms with Gasteiger partial charge in [-0.25, -0.2) is 0 Å². The molecule has 0 bridgehead atoms. The molecule has 4 nitrogen and oxygen atoms in total. The van der Waals surface area contributed by atoms with E-state index >= 15 is 0 Å². The van der Waals surface area contributed by atoms with E-state index in [4.69, 9.17) is 11.6 Å². The van der Waals surface area contributed by atoms with Crippen LogP contribution in [0.2, 0.25) is 5.02 Å². The molecule has 1 fully saturated rings. The summed E-state index contributed by atoms with van der Waals surface area (Å²) >= 11 is 7.88. The molecule has 2 amide bonds. The van der Waals surface area contributed by atoms with Crippen molar-refractivity contribution in [3.05, 3.63) is 70.7 Å². The summed E-state index contributed by atoms with van der Waals surface area (Å²) in [5.41, 5.74) is 2.18. The monoisotopic (exact) mass is 458 g/mol. The summed E-state index contributed by atoms with van der Waals surface area (Å²) in [6.07, 6.45) is 4.76. The summed E-state index contributed by atoms with van der Waals surface area (Å²) in [6, 6.07) is 17.4. The second-order valence-corrected chi connectivity index (χ2v) is 9.65. The highest BCUT2D eigenvalue weighted by Crippen LogP contribution is 2.20. The summed E-state index contributed by atoms with van der Waals surface area (Å²) < 4.78 is 0. The first kappa shape index (κ1) is 23.7. The Labute approximate surface area is 194 Å². The van der Waals surface area contributed by atoms with Crippen LogP contribution in [0.25, 0.3) is 0 Å². The van der Waals surface area contributed by atoms with E-state index in [1.165, 1.54) is 5.56 Å². The first-order valence-corrected chi connectivity index (χ1v) is 12.5. The van der Waals surface area contributed by atoms with Crippen LogP contribution in [0.15, 0.2) is 54.6 Å². The summed E-state index contributed by atoms with van der Waals surface area (Å²) in [4.78, 5) is 27.7. The first-order chi connectivity index (χ1) is 15.0. The zero-order valence-corrected chi connectivity index (χ0v) is 19.6. The van der Waals surface area contributed by atoms with Crippen molar-refractivity contribution in [2.75, 3.05) is 5.75 Å². The molecule has 0 spiro atoms. The lowest BCUT2D eigenvalue weighted by Gasteiger charge is -2.30. The topological polar surface area (TPSA) is 49.4 Å². The lowest BCUT2D eigenvalue weighted by molar-refractivity contribution is -0.140. The minimum absolute atomic E-state index is 0.00499. The summed E-state index contributed by atoms with van der Waals surface area (Å²) in [7, 11) is 0. The van der Waals surface area contributed by atoms with Crippen LogP contribution in [0.1, 0.15) is 50.2 Å². The number of carbonyl (C=O) groups excluding carboxylic acids is 2. The van der Waals surface area contributed by atoms with Gasteiger partial charge in [-0.15, -0.1) is 0 Å². The van der Waals surface area contributed by atoms with Gasteiger partial charge in [0.15, 0.2) is 0 Å². The maximum atomic E-state index is 13.1. The quantitative estimate of drug-likeness (QED) is 0.482. The lowest BCUT2D eigenvalue weighted by atomic mass is 10.1. The van der Waals surface area contributed by atoms with E-state index in [1.807, 2.05) is 49.4 Å². The predicted octanol–water partition coefficient (Wildman–Crippen LogP) is 5.44. The van der Waals surface area contributed by atoms with Crippen LogP contribution in [-0.4, -0.2) is 34.6 Å². The molecule has 0 aromatic heterocycles. The summed E-state index contributed by atoms with van der Waals surface area (Å²) in [5, 5.41) is 3.77. The molecule has 2 aromatic rings. The van der Waals surface area contributed by atoms with Gasteiger partial charge in [-0.05, 0) is 43.0 Å². The molecule has 3 rings (SSSR count). The largest absolute Gasteiger partial charge is 0.352 e. The zero-order valence-electron chi connectivity index (χ0n) is 18.1. The Hall–Kier alpha value is -1.98. The Morgan fingerprint density at radius 2 is 1.81 bits per heavy atom. The van der Waals surface area contributed by atoms with E-state index in [0.717, 1.165) is 42.8 Å². The molecule has 0 radical (unpaired) electrons. The number of rotatable bonds is 10. The maximum Gasteiger partial charge on any atom is 0.242 e. The second kappa shape index (κ2) is 12.2. The molecule has 1 N–H and O–H groups in total. The van der Waals surface area contributed by atoms with Crippen molar-refractivity contribution in [3.63, 3.8) is 0 Å². The Kier molecular flexibility index (Phi) is 9.29. The molecule has 0 unspecified atom stereocenters. The molecule has 0 heterocycles. The number of thioether (sulfide) groups is 1. The van der Waals surface area contributed by atoms with Crippen molar-refractivity contribution in [2.45, 2.75) is 63.4 Å². The molecule has 0 saturated heterocycles. The van der Waals surface area contributed by atoms with E-state index in [1.54, 1.807) is 16.7 Å². The molecule has 0 aliphatic heterocycles. The summed E-state index contributed by atoms with van der Waals surface area (Å²) in [5.74, 6) is 1.52. The van der Waals surface area contributed by atoms with E-state index in [0.29, 0.717) is 18.0 Å². The van der Waals surface area contributed by atoms with E-state index in [9.17, 15) is 9.59 Å². The van der Waals surface area contributed by atoms with Gasteiger partial charge < -0.3 is 10.2 Å². The predicted molar refractivity (Wildman–Crippen MR) is 129 cm³/mol. The number of halogens is 1. The maximum absolute atomic E-state index is 13.1. The smallest absolute Gasteiger partial charge is 0.242 e. The molecule has 166 valence electrons. The van der Waals surface area contributed by atoms with Crippen molar-refractivity contribution < 1.29 is 9.59 Å². The average molecular weight is 459 g/mol. The van der Waals surface area contributed by atoms with Crippen LogP contribution in [0.5, 0.6) is 0 Å². The molecule has 1 aliphatic carbocycles. The number of hydrogen-bond acceptors (Lipinski definition) is 3. The second-order valence-electron chi connectivity index (χ2n) is 8.11. The van der Waals surface area contributed by atoms with Gasteiger partial charge >= 0.3 is 0 Å². The van der Waals surface area contributed by atoms with Gasteiger partial charge in [0.05, 0.1) is 0 Å². The van der Waals surface area contributed by atoms with Gasteiger partial charge in [-0.2, -0.15) is 11.8 Å². The third kappa shape index (κ3) is 7.58. The molecule has 1 saturated carbocycles. The molecule has 6 heteroatoms. The van der Waals surface area contributed by atoms with Crippen LogP contribution >= 0.6 is 23.4 Å². The van der Waals surface area contributed by atoms with Crippen LogP contribution < -0.4 is 5.32 Å². The Morgan fingerprint density at radius 1 is 1.10 bits per heavy atom. The van der Waals surface area contributed by atoms with Crippen LogP contribution in [-0.2, 0) is 21.9 Å². The molecule has 1 aliphatic rings. The number of carbonyl (C=O) groups is 2. The first-order valence-electron chi connectivity index (χ1n) is 11.0. The van der Waals surface area contributed by atoms with Gasteiger partial charge in [-0.3, -0.25) is 9.59 Å². The van der Waals surface area contributed by atoms with E-state index in [2.05, 4.69) is 17.4 Å². The standard InChI is InChI=1S/C25H31ClN2O2S/c1-19(25(30)27-23-12-5-6-13-23)28(17-21-10-7-11-22(26)16-21)24(29)14-15-31-18-20-8-3-2-4-9-20/h2-4,7-11,16,19,23H,5-6,12-15,17-18H2,1H3,(H,27,30)/t19-/m0/s1. The zero-order chi connectivity index (χ0) is 22.1. The minimum atomic E-state index is -0.522. The normalized spacial score (nSPS) is 14.9. The van der Waals surface area contributed by atoms with Gasteiger partial charge in [0, 0.05) is 35.5 Å². The third-order valence-corrected chi connectivity index (χ3v) is 6.95. The number of nitrogens with zero attached hydrogens (tertiary/aromatic N) is 1. The third-order valence-electron chi connectivity index (χ3n) is 5.68. The lowest BCUT2D eigenvalue weighted by Crippen LogP contribution is -2.49. The number of nitrogens with one attached hydrogen (secondary N) is 1. The van der Waals surface area contributed by atoms with Gasteiger partial charge in [0.2, 0.25) is 11.8 Å². The summed E-state index contributed by atoms with van der Waals surface area (Å²) in [6.45, 7) is 2.20. The van der Waals surface area contributed by atoms with Crippen LogP contribution in [0.4, 0.5) is 0 Å². The highest BCUT2D eigenvalue weighted by molar-refractivity contribution is 7.98. The van der Waals surface area contributed by atoms with Crippen LogP contribution in [0, 0.1) is 0 Å². The van der Waals surface area contributed by atoms with Gasteiger partial charge in [-0.1, -0.05) is 66.9 Å². The SMILES string of the molecule is C[C@@H](C(=O)NC1CCCC1)N(Cc1cccc(Cl)c1)C(=O)CCSCc1ccccc1. The number of hydrogen-bond donors (Lipinski definition) is 1. The van der Waals surface area contributed by atoms with Crippen molar-refractivity contribution in [1.29, 1.82) is 0 Å². The fourth-order valence-electron chi connectivity index (χ4n) is 3.87. The van der Waals surface area contributed by atoms with E-state index < -0.39 is 6.04 Å². The average Bonchev–Trinajstić information content (AvgIpc) is 3.28. The van der Waals surface area contributed by atoms with Crippen molar-refractivity contribution in [1.82, 2.24) is 10.2 Å². The Balaban J connectivity index is 1.60. The van der Waals surface area contributed by atoms with Crippen molar-refractivity contribution >= 4 is 35.2 Å². The molecular weight excluding hydrogens is 428 g/mol. The fourth-order valence-corrected chi connectivity index (χ4v) is 4.98. The van der Waals surface area contributed by atoms with Gasteiger partial charge in [0.1, 0.15) is 6.04 Å². The molecule has 1 atom stereocenters.